The van der Waals surface area contributed by atoms with Crippen molar-refractivity contribution >= 4 is 5.91 Å². The molecular weight excluding hydrogens is 430 g/mol. The highest BCUT2D eigenvalue weighted by atomic mass is 16.5. The van der Waals surface area contributed by atoms with Crippen LogP contribution >= 0.6 is 0 Å². The number of fused-ring (bicyclic) bond motifs is 1. The molecule has 1 saturated carbocycles. The topological polar surface area (TPSA) is 79.0 Å². The van der Waals surface area contributed by atoms with E-state index in [1.165, 1.54) is 18.4 Å². The van der Waals surface area contributed by atoms with Gasteiger partial charge in [0, 0.05) is 49.7 Å². The van der Waals surface area contributed by atoms with Gasteiger partial charge in [0.05, 0.1) is 18.4 Å². The molecular formula is C27H45N3O4. The van der Waals surface area contributed by atoms with Gasteiger partial charge in [-0.2, -0.15) is 0 Å². The van der Waals surface area contributed by atoms with Crippen LogP contribution < -0.4 is 0 Å². The van der Waals surface area contributed by atoms with Gasteiger partial charge in [-0.15, -0.1) is 0 Å². The molecule has 2 aliphatic heterocycles. The molecule has 0 radical (unpaired) electrons. The van der Waals surface area contributed by atoms with Gasteiger partial charge in [0.2, 0.25) is 5.91 Å². The summed E-state index contributed by atoms with van der Waals surface area (Å²) in [5, 5.41) is 15.2. The number of piperidine rings is 1. The SMILES string of the molecule is Cc1noc(C)c1CN1CC[C@H]2CC(=O)N(C3CCCC3)C[C@H](O)C(C)(C)COCCC[C@H]2C1. The number of carbonyl (C=O) groups is 1. The van der Waals surface area contributed by atoms with Crippen molar-refractivity contribution in [1.29, 1.82) is 0 Å². The van der Waals surface area contributed by atoms with Crippen molar-refractivity contribution in [3.05, 3.63) is 17.0 Å². The second-order valence-corrected chi connectivity index (χ2v) is 11.7. The monoisotopic (exact) mass is 475 g/mol. The lowest BCUT2D eigenvalue weighted by Gasteiger charge is -2.40. The fraction of sp³-hybridized carbons (Fsp3) is 0.852. The highest BCUT2D eigenvalue weighted by molar-refractivity contribution is 5.77. The summed E-state index contributed by atoms with van der Waals surface area (Å²) in [5.41, 5.74) is 1.81. The Hall–Kier alpha value is -1.44. The Morgan fingerprint density at radius 1 is 1.06 bits per heavy atom. The first-order valence-electron chi connectivity index (χ1n) is 13.4. The van der Waals surface area contributed by atoms with E-state index >= 15 is 0 Å². The molecule has 7 nitrogen and oxygen atoms in total. The molecule has 1 aromatic rings. The Morgan fingerprint density at radius 3 is 2.53 bits per heavy atom. The standard InChI is InChI=1S/C27H45N3O4/c1-19-24(20(2)34-28-19)16-29-12-11-21-14-26(32)30(23-9-5-6-10-23)17-25(31)27(3,4)18-33-13-7-8-22(21)15-29/h21-23,25,31H,5-18H2,1-4H3/t21-,22-,25-/m0/s1. The summed E-state index contributed by atoms with van der Waals surface area (Å²) in [7, 11) is 0. The van der Waals surface area contributed by atoms with E-state index in [0.717, 1.165) is 63.2 Å². The number of ether oxygens (including phenoxy) is 1. The van der Waals surface area contributed by atoms with E-state index in [1.54, 1.807) is 0 Å². The molecule has 3 aliphatic rings. The van der Waals surface area contributed by atoms with E-state index in [-0.39, 0.29) is 17.4 Å². The minimum atomic E-state index is -0.578. The summed E-state index contributed by atoms with van der Waals surface area (Å²) < 4.78 is 11.4. The third kappa shape index (κ3) is 6.03. The molecule has 3 fully saturated rings. The fourth-order valence-electron chi connectivity index (χ4n) is 6.17. The quantitative estimate of drug-likeness (QED) is 0.709. The lowest BCUT2D eigenvalue weighted by atomic mass is 9.80. The van der Waals surface area contributed by atoms with E-state index in [1.807, 2.05) is 18.7 Å². The molecule has 0 aromatic carbocycles. The van der Waals surface area contributed by atoms with E-state index in [9.17, 15) is 9.90 Å². The van der Waals surface area contributed by atoms with Crippen LogP contribution in [0.2, 0.25) is 0 Å². The lowest BCUT2D eigenvalue weighted by Crippen LogP contribution is -2.49. The Labute approximate surface area is 205 Å². The predicted molar refractivity (Wildman–Crippen MR) is 131 cm³/mol. The Kier molecular flexibility index (Phi) is 8.36. The van der Waals surface area contributed by atoms with Crippen molar-refractivity contribution in [3.63, 3.8) is 0 Å². The summed E-state index contributed by atoms with van der Waals surface area (Å²) in [6.07, 6.45) is 7.62. The van der Waals surface area contributed by atoms with Crippen molar-refractivity contribution in [2.75, 3.05) is 32.8 Å². The number of aryl methyl sites for hydroxylation is 2. The maximum absolute atomic E-state index is 13.7. The molecule has 3 atom stereocenters. The smallest absolute Gasteiger partial charge is 0.223 e. The van der Waals surface area contributed by atoms with Crippen molar-refractivity contribution in [3.8, 4) is 0 Å². The summed E-state index contributed by atoms with van der Waals surface area (Å²) >= 11 is 0. The van der Waals surface area contributed by atoms with Gasteiger partial charge in [0.25, 0.3) is 0 Å². The van der Waals surface area contributed by atoms with Crippen molar-refractivity contribution in [2.45, 2.75) is 97.8 Å². The summed E-state index contributed by atoms with van der Waals surface area (Å²) in [6, 6.07) is 0.280. The minimum Gasteiger partial charge on any atom is -0.391 e. The van der Waals surface area contributed by atoms with Gasteiger partial charge in [-0.05, 0) is 64.3 Å². The number of aliphatic hydroxyl groups excluding tert-OH is 1. The van der Waals surface area contributed by atoms with E-state index < -0.39 is 6.10 Å². The molecule has 192 valence electrons. The van der Waals surface area contributed by atoms with Crippen LogP contribution in [-0.2, 0) is 16.1 Å². The number of hydrogen-bond donors (Lipinski definition) is 1. The second-order valence-electron chi connectivity index (χ2n) is 11.7. The number of amides is 1. The average Bonchev–Trinajstić information content (AvgIpc) is 3.43. The van der Waals surface area contributed by atoms with Crippen LogP contribution in [0.15, 0.2) is 4.52 Å². The number of carbonyl (C=O) groups excluding carboxylic acids is 1. The Bertz CT molecular complexity index is 797. The number of rotatable bonds is 3. The molecule has 1 N–H and O–H groups in total. The van der Waals surface area contributed by atoms with Crippen LogP contribution in [0.5, 0.6) is 0 Å². The zero-order chi connectivity index (χ0) is 24.3. The average molecular weight is 476 g/mol. The van der Waals surface area contributed by atoms with Crippen LogP contribution in [0.3, 0.4) is 0 Å². The molecule has 1 aromatic heterocycles. The maximum Gasteiger partial charge on any atom is 0.223 e. The first-order valence-corrected chi connectivity index (χ1v) is 13.4. The highest BCUT2D eigenvalue weighted by Gasteiger charge is 2.38. The van der Waals surface area contributed by atoms with Crippen molar-refractivity contribution < 1.29 is 19.2 Å². The lowest BCUT2D eigenvalue weighted by molar-refractivity contribution is -0.139. The Balaban J connectivity index is 1.49. The zero-order valence-electron chi connectivity index (χ0n) is 21.7. The minimum absolute atomic E-state index is 0.246. The molecule has 34 heavy (non-hydrogen) atoms. The number of aromatic nitrogens is 1. The molecule has 1 aliphatic carbocycles. The summed E-state index contributed by atoms with van der Waals surface area (Å²) in [5.74, 6) is 2.02. The second kappa shape index (κ2) is 11.1. The molecule has 4 rings (SSSR count). The molecule has 7 heteroatoms. The molecule has 3 heterocycles. The fourth-order valence-corrected chi connectivity index (χ4v) is 6.17. The number of nitrogens with zero attached hydrogens (tertiary/aromatic N) is 3. The predicted octanol–water partition coefficient (Wildman–Crippen LogP) is 4.09. The largest absolute Gasteiger partial charge is 0.391 e. The van der Waals surface area contributed by atoms with Crippen molar-refractivity contribution in [2.24, 2.45) is 17.3 Å². The molecule has 0 bridgehead atoms. The van der Waals surface area contributed by atoms with E-state index in [2.05, 4.69) is 23.9 Å². The number of likely N-dealkylation sites (tertiary alicyclic amines) is 1. The van der Waals surface area contributed by atoms with E-state index in [4.69, 9.17) is 9.26 Å². The number of β-amino-alcohol motifs (C(OH)–C–C–N with tert-alkyl or cyclic N) is 1. The zero-order valence-corrected chi connectivity index (χ0v) is 21.7. The van der Waals surface area contributed by atoms with Crippen molar-refractivity contribution in [1.82, 2.24) is 15.0 Å². The number of aliphatic hydroxyl groups is 1. The van der Waals surface area contributed by atoms with Gasteiger partial charge < -0.3 is 19.3 Å². The molecule has 0 spiro atoms. The number of hydrogen-bond acceptors (Lipinski definition) is 6. The van der Waals surface area contributed by atoms with Crippen LogP contribution in [0.25, 0.3) is 0 Å². The van der Waals surface area contributed by atoms with Crippen LogP contribution in [0.1, 0.15) is 82.2 Å². The summed E-state index contributed by atoms with van der Waals surface area (Å²) in [4.78, 5) is 18.2. The molecule has 0 unspecified atom stereocenters. The molecule has 1 amide bonds. The highest BCUT2D eigenvalue weighted by Crippen LogP contribution is 2.34. The van der Waals surface area contributed by atoms with Gasteiger partial charge in [0.1, 0.15) is 5.76 Å². The normalized spacial score (nSPS) is 30.4. The molecule has 2 saturated heterocycles. The van der Waals surface area contributed by atoms with Gasteiger partial charge in [-0.3, -0.25) is 9.69 Å². The Morgan fingerprint density at radius 2 is 1.82 bits per heavy atom. The first kappa shape index (κ1) is 25.6. The van der Waals surface area contributed by atoms with Gasteiger partial charge >= 0.3 is 0 Å². The van der Waals surface area contributed by atoms with Crippen LogP contribution in [-0.4, -0.2) is 71.0 Å². The van der Waals surface area contributed by atoms with Gasteiger partial charge in [-0.1, -0.05) is 31.8 Å². The van der Waals surface area contributed by atoms with Gasteiger partial charge in [0.15, 0.2) is 0 Å². The summed E-state index contributed by atoms with van der Waals surface area (Å²) in [6.45, 7) is 12.6. The van der Waals surface area contributed by atoms with E-state index in [0.29, 0.717) is 38.0 Å². The first-order chi connectivity index (χ1) is 16.2. The van der Waals surface area contributed by atoms with Crippen LogP contribution in [0, 0.1) is 31.1 Å². The third-order valence-corrected chi connectivity index (χ3v) is 8.67. The van der Waals surface area contributed by atoms with Gasteiger partial charge in [-0.25, -0.2) is 0 Å². The maximum atomic E-state index is 13.7. The third-order valence-electron chi connectivity index (χ3n) is 8.67. The van der Waals surface area contributed by atoms with Crippen LogP contribution in [0.4, 0.5) is 0 Å².